The highest BCUT2D eigenvalue weighted by Crippen LogP contribution is 2.42. The van der Waals surface area contributed by atoms with Gasteiger partial charge in [0.1, 0.15) is 0 Å². The molecule has 0 radical (unpaired) electrons. The van der Waals surface area contributed by atoms with Crippen LogP contribution in [0.25, 0.3) is 11.0 Å². The molecule has 0 fully saturated rings. The highest BCUT2D eigenvalue weighted by atomic mass is 32.2. The fraction of sp³-hybridized carbons (Fsp3) is 0.348. The number of hydrogen-bond acceptors (Lipinski definition) is 3. The van der Waals surface area contributed by atoms with Crippen molar-refractivity contribution in [2.75, 3.05) is 0 Å². The Kier molecular flexibility index (Phi) is 8.05. The van der Waals surface area contributed by atoms with Crippen molar-refractivity contribution in [1.82, 2.24) is 0 Å². The number of fused-ring (bicyclic) bond motifs is 1. The van der Waals surface area contributed by atoms with E-state index in [1.54, 1.807) is 11.8 Å². The van der Waals surface area contributed by atoms with Crippen LogP contribution in [0.1, 0.15) is 63.1 Å². The maximum Gasteiger partial charge on any atom is 0.169 e. The molecule has 1 aliphatic rings. The molecule has 1 aliphatic carbocycles. The molecule has 1 nitrogen and oxygen atoms in total. The van der Waals surface area contributed by atoms with E-state index in [9.17, 15) is 4.79 Å². The van der Waals surface area contributed by atoms with E-state index in [0.29, 0.717) is 6.42 Å². The van der Waals surface area contributed by atoms with Crippen LogP contribution >= 0.6 is 24.4 Å². The summed E-state index contributed by atoms with van der Waals surface area (Å²) in [5, 5.41) is 0. The van der Waals surface area contributed by atoms with E-state index in [1.165, 1.54) is 16.7 Å². The lowest BCUT2D eigenvalue weighted by Crippen LogP contribution is -2.04. The van der Waals surface area contributed by atoms with Crippen molar-refractivity contribution < 1.29 is 4.79 Å². The van der Waals surface area contributed by atoms with Crippen LogP contribution in [0.2, 0.25) is 0 Å². The summed E-state index contributed by atoms with van der Waals surface area (Å²) in [6.07, 6.45) is 12.7. The molecule has 0 atom stereocenters. The molecule has 2 rings (SSSR count). The zero-order valence-electron chi connectivity index (χ0n) is 16.0. The number of thiol groups is 1. The van der Waals surface area contributed by atoms with Crippen molar-refractivity contribution in [3.63, 3.8) is 0 Å². The van der Waals surface area contributed by atoms with Crippen LogP contribution in [-0.4, -0.2) is 5.78 Å². The first-order chi connectivity index (χ1) is 12.5. The Bertz CT molecular complexity index is 782. The third-order valence-corrected chi connectivity index (χ3v) is 6.19. The number of rotatable bonds is 8. The number of ketones is 1. The molecule has 26 heavy (non-hydrogen) atoms. The van der Waals surface area contributed by atoms with E-state index >= 15 is 0 Å². The van der Waals surface area contributed by atoms with Crippen molar-refractivity contribution in [3.8, 4) is 0 Å². The van der Waals surface area contributed by atoms with Gasteiger partial charge in [-0.2, -0.15) is 0 Å². The Balaban J connectivity index is 2.54. The first-order valence-electron chi connectivity index (χ1n) is 9.29. The first-order valence-corrected chi connectivity index (χ1v) is 10.6. The molecule has 0 saturated carbocycles. The molecule has 0 heterocycles. The van der Waals surface area contributed by atoms with Gasteiger partial charge in [-0.3, -0.25) is 4.79 Å². The van der Waals surface area contributed by atoms with Gasteiger partial charge in [0, 0.05) is 16.2 Å². The molecule has 0 bridgehead atoms. The lowest BCUT2D eigenvalue weighted by molar-refractivity contribution is -0.114. The normalized spacial score (nSPS) is 14.7. The average molecular weight is 385 g/mol. The van der Waals surface area contributed by atoms with E-state index in [0.717, 1.165) is 46.0 Å². The summed E-state index contributed by atoms with van der Waals surface area (Å²) in [6.45, 7) is 10.2. The van der Waals surface area contributed by atoms with Crippen LogP contribution in [0.15, 0.2) is 52.3 Å². The van der Waals surface area contributed by atoms with Gasteiger partial charge < -0.3 is 0 Å². The summed E-state index contributed by atoms with van der Waals surface area (Å²) in [7, 11) is 0. The van der Waals surface area contributed by atoms with Gasteiger partial charge in [-0.1, -0.05) is 62.6 Å². The zero-order valence-corrected chi connectivity index (χ0v) is 17.7. The van der Waals surface area contributed by atoms with E-state index < -0.39 is 0 Å². The molecule has 1 aromatic rings. The van der Waals surface area contributed by atoms with Crippen LogP contribution in [0.5, 0.6) is 0 Å². The Morgan fingerprint density at radius 3 is 2.77 bits per heavy atom. The fourth-order valence-corrected chi connectivity index (χ4v) is 4.56. The minimum Gasteiger partial charge on any atom is -0.294 e. The van der Waals surface area contributed by atoms with Gasteiger partial charge in [-0.15, -0.1) is 12.6 Å². The molecule has 3 heteroatoms. The van der Waals surface area contributed by atoms with Crippen molar-refractivity contribution in [3.05, 3.63) is 64.1 Å². The van der Waals surface area contributed by atoms with Gasteiger partial charge in [0.05, 0.1) is 4.91 Å². The van der Waals surface area contributed by atoms with Gasteiger partial charge >= 0.3 is 0 Å². The van der Waals surface area contributed by atoms with Gasteiger partial charge in [0.25, 0.3) is 0 Å². The topological polar surface area (TPSA) is 17.1 Å². The van der Waals surface area contributed by atoms with Crippen molar-refractivity contribution in [2.45, 2.75) is 57.8 Å². The fourth-order valence-electron chi connectivity index (χ4n) is 3.05. The summed E-state index contributed by atoms with van der Waals surface area (Å²) in [5.41, 5.74) is 4.83. The second-order valence-electron chi connectivity index (χ2n) is 6.43. The molecule has 1 aromatic carbocycles. The number of Topliss-reactive ketones (excluding diaryl/α,β-unsaturated/α-hetero) is 1. The molecule has 138 valence electrons. The Morgan fingerprint density at radius 1 is 1.35 bits per heavy atom. The van der Waals surface area contributed by atoms with E-state index in [1.807, 2.05) is 13.0 Å². The molecular formula is C23H28OS2. The van der Waals surface area contributed by atoms with E-state index in [4.69, 9.17) is 0 Å². The van der Waals surface area contributed by atoms with E-state index in [-0.39, 0.29) is 5.78 Å². The molecule has 0 unspecified atom stereocenters. The molecule has 0 aromatic heterocycles. The summed E-state index contributed by atoms with van der Waals surface area (Å²) >= 11 is 6.23. The predicted octanol–water partition coefficient (Wildman–Crippen LogP) is 7.25. The maximum atomic E-state index is 12.6. The number of carbonyl (C=O) groups is 1. The predicted molar refractivity (Wildman–Crippen MR) is 120 cm³/mol. The summed E-state index contributed by atoms with van der Waals surface area (Å²) in [6, 6.07) is 4.20. The first kappa shape index (κ1) is 20.9. The van der Waals surface area contributed by atoms with Crippen LogP contribution in [0, 0.1) is 0 Å². The minimum absolute atomic E-state index is 0.230. The number of allylic oxidation sites excluding steroid dienone is 5. The van der Waals surface area contributed by atoms with Crippen LogP contribution in [0.3, 0.4) is 0 Å². The Labute approximate surface area is 167 Å². The minimum atomic E-state index is 0.230. The monoisotopic (exact) mass is 384 g/mol. The van der Waals surface area contributed by atoms with E-state index in [2.05, 4.69) is 63.4 Å². The Morgan fingerprint density at radius 2 is 2.12 bits per heavy atom. The molecule has 0 spiro atoms. The summed E-state index contributed by atoms with van der Waals surface area (Å²) in [5.74, 6) is 0.230. The SMILES string of the molecule is C=C/C(C)=C(/S/C(=C/CC)C(=O)CCC)c1ccc(S)c2c1CCC=C2. The third kappa shape index (κ3) is 4.83. The van der Waals surface area contributed by atoms with Crippen LogP contribution < -0.4 is 0 Å². The molecule has 0 amide bonds. The number of thioether (sulfide) groups is 1. The Hall–Kier alpha value is -1.45. The summed E-state index contributed by atoms with van der Waals surface area (Å²) < 4.78 is 0. The van der Waals surface area contributed by atoms with Crippen LogP contribution in [0.4, 0.5) is 0 Å². The quantitative estimate of drug-likeness (QED) is 0.289. The maximum absolute atomic E-state index is 12.6. The molecule has 0 aliphatic heterocycles. The molecule has 0 N–H and O–H groups in total. The highest BCUT2D eigenvalue weighted by Gasteiger charge is 2.20. The molecular weight excluding hydrogens is 356 g/mol. The average Bonchev–Trinajstić information content (AvgIpc) is 2.66. The van der Waals surface area contributed by atoms with Crippen molar-refractivity contribution in [1.29, 1.82) is 0 Å². The van der Waals surface area contributed by atoms with Crippen LogP contribution in [-0.2, 0) is 11.2 Å². The smallest absolute Gasteiger partial charge is 0.169 e. The van der Waals surface area contributed by atoms with Crippen molar-refractivity contribution in [2.24, 2.45) is 0 Å². The number of carbonyl (C=O) groups excluding carboxylic acids is 1. The highest BCUT2D eigenvalue weighted by molar-refractivity contribution is 8.12. The van der Waals surface area contributed by atoms with Crippen molar-refractivity contribution >= 4 is 41.2 Å². The number of hydrogen-bond donors (Lipinski definition) is 1. The lowest BCUT2D eigenvalue weighted by atomic mass is 9.91. The largest absolute Gasteiger partial charge is 0.294 e. The van der Waals surface area contributed by atoms with Gasteiger partial charge in [-0.05, 0) is 60.9 Å². The summed E-state index contributed by atoms with van der Waals surface area (Å²) in [4.78, 5) is 15.6. The second-order valence-corrected chi connectivity index (χ2v) is 7.97. The second kappa shape index (κ2) is 10.0. The van der Waals surface area contributed by atoms with Gasteiger partial charge in [0.2, 0.25) is 0 Å². The zero-order chi connectivity index (χ0) is 19.1. The lowest BCUT2D eigenvalue weighted by Gasteiger charge is -2.21. The number of benzene rings is 1. The standard InChI is InChI=1S/C23H28OS2/c1-5-10-20(24)22(11-6-2)26-23(16(4)7-3)19-14-15-21(25)18-13-9-8-12-17(18)19/h7,9,11,13-15,25H,3,5-6,8,10,12H2,1-2,4H3/b22-11+,23-16+. The van der Waals surface area contributed by atoms with Gasteiger partial charge in [-0.25, -0.2) is 0 Å². The third-order valence-electron chi connectivity index (χ3n) is 4.44. The van der Waals surface area contributed by atoms with Gasteiger partial charge in [0.15, 0.2) is 5.78 Å². The molecule has 0 saturated heterocycles.